The van der Waals surface area contributed by atoms with Crippen LogP contribution in [0.25, 0.3) is 11.3 Å². The van der Waals surface area contributed by atoms with Gasteiger partial charge in [0.05, 0.1) is 26.0 Å². The highest BCUT2D eigenvalue weighted by atomic mass is 16.5. The van der Waals surface area contributed by atoms with E-state index in [9.17, 15) is 14.4 Å². The van der Waals surface area contributed by atoms with Gasteiger partial charge in [-0.05, 0) is 50.3 Å². The first-order valence-electron chi connectivity index (χ1n) is 11.0. The monoisotopic (exact) mass is 441 g/mol. The van der Waals surface area contributed by atoms with E-state index < -0.39 is 5.97 Å². The molecule has 2 heterocycles. The first-order valence-corrected chi connectivity index (χ1v) is 11.0. The molecule has 0 aliphatic carbocycles. The fraction of sp³-hybridized carbons (Fsp3) is 0.480. The zero-order chi connectivity index (χ0) is 23.4. The highest BCUT2D eigenvalue weighted by Crippen LogP contribution is 2.42. The van der Waals surface area contributed by atoms with Gasteiger partial charge in [0, 0.05) is 30.3 Å². The molecular formula is C25H31NO6. The van der Waals surface area contributed by atoms with Gasteiger partial charge in [0.2, 0.25) is 0 Å². The third kappa shape index (κ3) is 4.87. The van der Waals surface area contributed by atoms with E-state index in [1.807, 2.05) is 16.7 Å². The first-order chi connectivity index (χ1) is 15.3. The quantitative estimate of drug-likeness (QED) is 0.428. The van der Waals surface area contributed by atoms with E-state index in [4.69, 9.17) is 14.2 Å². The molecule has 0 N–H and O–H groups in total. The van der Waals surface area contributed by atoms with Crippen molar-refractivity contribution in [2.24, 2.45) is 5.92 Å². The predicted molar refractivity (Wildman–Crippen MR) is 122 cm³/mol. The van der Waals surface area contributed by atoms with Crippen molar-refractivity contribution in [1.82, 2.24) is 4.57 Å². The lowest BCUT2D eigenvalue weighted by molar-refractivity contribution is -0.117. The summed E-state index contributed by atoms with van der Waals surface area (Å²) in [4.78, 5) is 36.2. The summed E-state index contributed by atoms with van der Waals surface area (Å²) in [6.07, 6.45) is 3.46. The molecule has 1 aromatic carbocycles. The van der Waals surface area contributed by atoms with Gasteiger partial charge in [-0.15, -0.1) is 0 Å². The van der Waals surface area contributed by atoms with Crippen molar-refractivity contribution in [1.29, 1.82) is 0 Å². The van der Waals surface area contributed by atoms with Gasteiger partial charge >= 0.3 is 5.97 Å². The zero-order valence-corrected chi connectivity index (χ0v) is 19.4. The largest absolute Gasteiger partial charge is 0.493 e. The Bertz CT molecular complexity index is 1070. The number of Topliss-reactive ketones (excluding diaryl/α,β-unsaturated/α-hetero) is 1. The average molecular weight is 442 g/mol. The number of hydrogen-bond donors (Lipinski definition) is 0. The smallest absolute Gasteiger partial charge is 0.343 e. The maximum atomic E-state index is 12.7. The zero-order valence-electron chi connectivity index (χ0n) is 19.4. The van der Waals surface area contributed by atoms with Crippen LogP contribution < -0.4 is 14.9 Å². The molecule has 0 saturated heterocycles. The molecule has 7 heteroatoms. The molecule has 0 unspecified atom stereocenters. The molecule has 1 atom stereocenters. The lowest BCUT2D eigenvalue weighted by Gasteiger charge is -2.34. The molecule has 0 saturated carbocycles. The Morgan fingerprint density at radius 2 is 1.94 bits per heavy atom. The third-order valence-electron chi connectivity index (χ3n) is 5.73. The number of hydrogen-bond acceptors (Lipinski definition) is 6. The maximum Gasteiger partial charge on any atom is 0.343 e. The van der Waals surface area contributed by atoms with E-state index in [-0.39, 0.29) is 35.3 Å². The Balaban J connectivity index is 2.05. The van der Waals surface area contributed by atoms with Crippen LogP contribution in [0.2, 0.25) is 0 Å². The summed E-state index contributed by atoms with van der Waals surface area (Å²) in [6.45, 7) is 8.14. The van der Waals surface area contributed by atoms with Crippen molar-refractivity contribution >= 4 is 11.8 Å². The minimum Gasteiger partial charge on any atom is -0.493 e. The Labute approximate surface area is 188 Å². The van der Waals surface area contributed by atoms with Crippen molar-refractivity contribution in [2.75, 3.05) is 20.3 Å². The summed E-state index contributed by atoms with van der Waals surface area (Å²) in [5, 5.41) is 0. The molecule has 0 radical (unpaired) electrons. The number of fused-ring (bicyclic) bond motifs is 3. The van der Waals surface area contributed by atoms with E-state index in [1.165, 1.54) is 6.07 Å². The van der Waals surface area contributed by atoms with Crippen molar-refractivity contribution in [3.63, 3.8) is 0 Å². The number of benzene rings is 1. The first kappa shape index (κ1) is 23.6. The normalized spacial score (nSPS) is 14.5. The SMILES string of the molecule is CCOC(=O)c1cn2c(cc1=O)-c1cc(OC)c(OCCCC(C)=O)cc1C[C@H]2C(C)C. The van der Waals surface area contributed by atoms with E-state index in [1.54, 1.807) is 27.2 Å². The fourth-order valence-corrected chi connectivity index (χ4v) is 4.07. The van der Waals surface area contributed by atoms with E-state index in [2.05, 4.69) is 13.8 Å². The summed E-state index contributed by atoms with van der Waals surface area (Å²) in [7, 11) is 1.57. The lowest BCUT2D eigenvalue weighted by atomic mass is 9.87. The van der Waals surface area contributed by atoms with Gasteiger partial charge in [-0.3, -0.25) is 4.79 Å². The fourth-order valence-electron chi connectivity index (χ4n) is 4.07. The lowest BCUT2D eigenvalue weighted by Crippen LogP contribution is -2.28. The van der Waals surface area contributed by atoms with Crippen molar-refractivity contribution < 1.29 is 23.8 Å². The van der Waals surface area contributed by atoms with Gasteiger partial charge in [-0.2, -0.15) is 0 Å². The molecule has 1 aliphatic rings. The van der Waals surface area contributed by atoms with Crippen molar-refractivity contribution in [3.8, 4) is 22.8 Å². The standard InChI is InChI=1S/C25H31NO6/c1-6-31-25(29)19-14-26-20(15(2)3)10-17-11-24(32-9-7-8-16(4)27)23(30-5)12-18(17)21(26)13-22(19)28/h11-15,20H,6-10H2,1-5H3/t20-/m0/s1. The summed E-state index contributed by atoms with van der Waals surface area (Å²) in [6, 6.07) is 5.41. The average Bonchev–Trinajstić information content (AvgIpc) is 2.75. The van der Waals surface area contributed by atoms with Crippen LogP contribution in [0.5, 0.6) is 11.5 Å². The number of nitrogens with zero attached hydrogens (tertiary/aromatic N) is 1. The molecule has 7 nitrogen and oxygen atoms in total. The third-order valence-corrected chi connectivity index (χ3v) is 5.73. The number of pyridine rings is 1. The van der Waals surface area contributed by atoms with E-state index in [0.29, 0.717) is 30.9 Å². The molecule has 0 bridgehead atoms. The van der Waals surface area contributed by atoms with Gasteiger partial charge in [0.15, 0.2) is 16.9 Å². The Morgan fingerprint density at radius 1 is 1.19 bits per heavy atom. The molecule has 0 amide bonds. The number of ketones is 1. The summed E-state index contributed by atoms with van der Waals surface area (Å²) < 4.78 is 18.5. The van der Waals surface area contributed by atoms with Crippen LogP contribution >= 0.6 is 0 Å². The Hall–Kier alpha value is -3.09. The van der Waals surface area contributed by atoms with Gasteiger partial charge in [0.25, 0.3) is 0 Å². The molecule has 2 aromatic rings. The summed E-state index contributed by atoms with van der Waals surface area (Å²) >= 11 is 0. The van der Waals surface area contributed by atoms with Crippen LogP contribution in [0.3, 0.4) is 0 Å². The molecular weight excluding hydrogens is 410 g/mol. The van der Waals surface area contributed by atoms with E-state index >= 15 is 0 Å². The van der Waals surface area contributed by atoms with Crippen molar-refractivity contribution in [3.05, 3.63) is 45.7 Å². The molecule has 0 fully saturated rings. The Morgan fingerprint density at radius 3 is 2.56 bits per heavy atom. The number of rotatable bonds is 9. The van der Waals surface area contributed by atoms with Gasteiger partial charge < -0.3 is 23.6 Å². The van der Waals surface area contributed by atoms with E-state index in [0.717, 1.165) is 23.2 Å². The number of aromatic nitrogens is 1. The second-order valence-corrected chi connectivity index (χ2v) is 8.39. The van der Waals surface area contributed by atoms with Crippen LogP contribution in [0.15, 0.2) is 29.2 Å². The summed E-state index contributed by atoms with van der Waals surface area (Å²) in [5.41, 5.74) is 2.34. The highest BCUT2D eigenvalue weighted by Gasteiger charge is 2.29. The molecule has 1 aromatic heterocycles. The van der Waals surface area contributed by atoms with Gasteiger partial charge in [-0.25, -0.2) is 4.79 Å². The number of esters is 1. The van der Waals surface area contributed by atoms with Crippen LogP contribution in [0.4, 0.5) is 0 Å². The van der Waals surface area contributed by atoms with Crippen LogP contribution in [0.1, 0.15) is 62.5 Å². The highest BCUT2D eigenvalue weighted by molar-refractivity contribution is 5.89. The Kier molecular flexibility index (Phi) is 7.38. The van der Waals surface area contributed by atoms with Crippen LogP contribution in [0, 0.1) is 5.92 Å². The second-order valence-electron chi connectivity index (χ2n) is 8.39. The van der Waals surface area contributed by atoms with Crippen molar-refractivity contribution in [2.45, 2.75) is 53.0 Å². The molecule has 32 heavy (non-hydrogen) atoms. The van der Waals surface area contributed by atoms with Crippen LogP contribution in [-0.2, 0) is 16.0 Å². The minimum absolute atomic E-state index is 0.0436. The predicted octanol–water partition coefficient (Wildman–Crippen LogP) is 4.20. The van der Waals surface area contributed by atoms with Crippen LogP contribution in [-0.4, -0.2) is 36.6 Å². The number of methoxy groups -OCH3 is 1. The topological polar surface area (TPSA) is 83.8 Å². The molecule has 1 aliphatic heterocycles. The second kappa shape index (κ2) is 10.0. The van der Waals surface area contributed by atoms with Gasteiger partial charge in [0.1, 0.15) is 11.3 Å². The number of carbonyl (C=O) groups is 2. The van der Waals surface area contributed by atoms with Gasteiger partial charge in [-0.1, -0.05) is 13.8 Å². The minimum atomic E-state index is -0.604. The molecule has 3 rings (SSSR count). The summed E-state index contributed by atoms with van der Waals surface area (Å²) in [5.74, 6) is 0.976. The number of ether oxygens (including phenoxy) is 3. The molecule has 0 spiro atoms. The number of carbonyl (C=O) groups excluding carboxylic acids is 2. The maximum absolute atomic E-state index is 12.7. The molecule has 172 valence electrons.